The molecule has 0 saturated heterocycles. The van der Waals surface area contributed by atoms with Gasteiger partial charge in [0, 0.05) is 19.8 Å². The number of rotatable bonds is 4. The lowest BCUT2D eigenvalue weighted by atomic mass is 10.3. The summed E-state index contributed by atoms with van der Waals surface area (Å²) in [6.45, 7) is 0.743. The van der Waals surface area contributed by atoms with E-state index in [0.29, 0.717) is 18.9 Å². The summed E-state index contributed by atoms with van der Waals surface area (Å²) in [5, 5.41) is 0. The van der Waals surface area contributed by atoms with Gasteiger partial charge >= 0.3 is 0 Å². The molecule has 0 radical (unpaired) electrons. The fourth-order valence-corrected chi connectivity index (χ4v) is 1.48. The highest BCUT2D eigenvalue weighted by Crippen LogP contribution is 2.13. The molecule has 0 bridgehead atoms. The van der Waals surface area contributed by atoms with E-state index in [1.807, 2.05) is 17.8 Å². The van der Waals surface area contributed by atoms with Crippen LogP contribution in [0.5, 0.6) is 5.75 Å². The zero-order valence-corrected chi connectivity index (χ0v) is 9.56. The molecule has 1 aromatic carbocycles. The summed E-state index contributed by atoms with van der Waals surface area (Å²) >= 11 is 0. The van der Waals surface area contributed by atoms with Gasteiger partial charge in [0.05, 0.1) is 5.69 Å². The van der Waals surface area contributed by atoms with Gasteiger partial charge < -0.3 is 15.0 Å². The van der Waals surface area contributed by atoms with E-state index in [9.17, 15) is 4.39 Å². The first-order chi connectivity index (χ1) is 8.19. The van der Waals surface area contributed by atoms with Crippen molar-refractivity contribution in [2.24, 2.45) is 12.8 Å². The molecule has 0 spiro atoms. The van der Waals surface area contributed by atoms with E-state index in [4.69, 9.17) is 10.5 Å². The third-order valence-electron chi connectivity index (χ3n) is 2.41. The molecule has 17 heavy (non-hydrogen) atoms. The zero-order chi connectivity index (χ0) is 12.3. The minimum atomic E-state index is -0.278. The normalized spacial score (nSPS) is 10.5. The third-order valence-corrected chi connectivity index (χ3v) is 2.41. The van der Waals surface area contributed by atoms with Crippen LogP contribution in [0.4, 0.5) is 4.39 Å². The van der Waals surface area contributed by atoms with Crippen LogP contribution < -0.4 is 10.5 Å². The van der Waals surface area contributed by atoms with Crippen LogP contribution in [0.15, 0.2) is 30.5 Å². The molecule has 0 fully saturated rings. The maximum absolute atomic E-state index is 12.7. The highest BCUT2D eigenvalue weighted by molar-refractivity contribution is 5.22. The first-order valence-corrected chi connectivity index (χ1v) is 5.28. The second-order valence-corrected chi connectivity index (χ2v) is 3.71. The first kappa shape index (κ1) is 11.6. The molecule has 0 amide bonds. The van der Waals surface area contributed by atoms with Crippen molar-refractivity contribution in [3.8, 4) is 5.75 Å². The van der Waals surface area contributed by atoms with Gasteiger partial charge in [0.1, 0.15) is 24.0 Å². The number of hydrogen-bond donors (Lipinski definition) is 1. The van der Waals surface area contributed by atoms with Crippen molar-refractivity contribution < 1.29 is 9.13 Å². The highest BCUT2D eigenvalue weighted by Gasteiger charge is 2.04. The molecule has 90 valence electrons. The number of aryl methyl sites for hydroxylation is 1. The maximum Gasteiger partial charge on any atom is 0.146 e. The first-order valence-electron chi connectivity index (χ1n) is 5.28. The van der Waals surface area contributed by atoms with E-state index in [0.717, 1.165) is 11.5 Å². The predicted molar refractivity (Wildman–Crippen MR) is 61.8 cm³/mol. The second-order valence-electron chi connectivity index (χ2n) is 3.71. The van der Waals surface area contributed by atoms with Gasteiger partial charge in [0.15, 0.2) is 0 Å². The number of halogens is 1. The fraction of sp³-hybridized carbons (Fsp3) is 0.250. The topological polar surface area (TPSA) is 53.1 Å². The van der Waals surface area contributed by atoms with Crippen LogP contribution in [0, 0.1) is 5.82 Å². The summed E-state index contributed by atoms with van der Waals surface area (Å²) in [7, 11) is 1.88. The highest BCUT2D eigenvalue weighted by atomic mass is 19.1. The van der Waals surface area contributed by atoms with Crippen molar-refractivity contribution in [1.29, 1.82) is 0 Å². The zero-order valence-electron chi connectivity index (χ0n) is 9.56. The molecule has 0 aliphatic carbocycles. The van der Waals surface area contributed by atoms with Gasteiger partial charge in [-0.1, -0.05) is 0 Å². The van der Waals surface area contributed by atoms with Crippen molar-refractivity contribution in [2.45, 2.75) is 13.2 Å². The summed E-state index contributed by atoms with van der Waals surface area (Å²) < 4.78 is 20.0. The molecular formula is C12H14FN3O. The molecule has 4 nitrogen and oxygen atoms in total. The fourth-order valence-electron chi connectivity index (χ4n) is 1.48. The minimum absolute atomic E-state index is 0.278. The summed E-state index contributed by atoms with van der Waals surface area (Å²) in [4.78, 5) is 4.30. The molecule has 1 aromatic heterocycles. The van der Waals surface area contributed by atoms with E-state index in [2.05, 4.69) is 4.98 Å². The van der Waals surface area contributed by atoms with Crippen LogP contribution in [0.2, 0.25) is 0 Å². The molecular weight excluding hydrogens is 221 g/mol. The molecule has 0 unspecified atom stereocenters. The Morgan fingerprint density at radius 3 is 2.65 bits per heavy atom. The van der Waals surface area contributed by atoms with Gasteiger partial charge in [-0.25, -0.2) is 9.37 Å². The number of benzene rings is 1. The van der Waals surface area contributed by atoms with Crippen molar-refractivity contribution in [2.75, 3.05) is 0 Å². The van der Waals surface area contributed by atoms with Crippen molar-refractivity contribution in [1.82, 2.24) is 9.55 Å². The van der Waals surface area contributed by atoms with Gasteiger partial charge in [-0.05, 0) is 24.3 Å². The van der Waals surface area contributed by atoms with E-state index in [-0.39, 0.29) is 5.82 Å². The van der Waals surface area contributed by atoms with Crippen LogP contribution in [-0.4, -0.2) is 9.55 Å². The van der Waals surface area contributed by atoms with Gasteiger partial charge in [-0.2, -0.15) is 0 Å². The summed E-state index contributed by atoms with van der Waals surface area (Å²) in [6, 6.07) is 5.89. The smallest absolute Gasteiger partial charge is 0.146 e. The minimum Gasteiger partial charge on any atom is -0.486 e. The molecule has 0 aliphatic heterocycles. The Labute approximate surface area is 98.8 Å². The van der Waals surface area contributed by atoms with Crippen LogP contribution >= 0.6 is 0 Å². The lowest BCUT2D eigenvalue weighted by Gasteiger charge is -2.05. The number of imidazole rings is 1. The number of nitrogens with two attached hydrogens (primary N) is 1. The molecule has 2 rings (SSSR count). The largest absolute Gasteiger partial charge is 0.486 e. The molecule has 2 N–H and O–H groups in total. The van der Waals surface area contributed by atoms with Crippen molar-refractivity contribution in [3.05, 3.63) is 47.8 Å². The van der Waals surface area contributed by atoms with Crippen LogP contribution in [0.3, 0.4) is 0 Å². The van der Waals surface area contributed by atoms with Gasteiger partial charge in [-0.3, -0.25) is 0 Å². The molecule has 0 atom stereocenters. The van der Waals surface area contributed by atoms with Crippen LogP contribution in [0.1, 0.15) is 11.5 Å². The quantitative estimate of drug-likeness (QED) is 0.875. The molecule has 0 saturated carbocycles. The Balaban J connectivity index is 2.01. The van der Waals surface area contributed by atoms with Crippen molar-refractivity contribution >= 4 is 0 Å². The second kappa shape index (κ2) is 4.97. The van der Waals surface area contributed by atoms with E-state index < -0.39 is 0 Å². The lowest BCUT2D eigenvalue weighted by Crippen LogP contribution is -2.03. The average Bonchev–Trinajstić information content (AvgIpc) is 2.69. The number of hydrogen-bond acceptors (Lipinski definition) is 3. The Bertz CT molecular complexity index is 493. The number of nitrogens with zero attached hydrogens (tertiary/aromatic N) is 2. The Hall–Kier alpha value is -1.88. The molecule has 2 aromatic rings. The standard InChI is InChI=1S/C12H14FN3O/c1-16-7-10(6-14)15-12(16)8-17-11-4-2-9(13)3-5-11/h2-5,7H,6,8,14H2,1H3. The Kier molecular flexibility index (Phi) is 3.39. The third kappa shape index (κ3) is 2.82. The van der Waals surface area contributed by atoms with Gasteiger partial charge in [-0.15, -0.1) is 0 Å². The summed E-state index contributed by atoms with van der Waals surface area (Å²) in [5.41, 5.74) is 6.32. The SMILES string of the molecule is Cn1cc(CN)nc1COc1ccc(F)cc1. The Morgan fingerprint density at radius 1 is 1.35 bits per heavy atom. The molecule has 1 heterocycles. The predicted octanol–water partition coefficient (Wildman–Crippen LogP) is 1.60. The van der Waals surface area contributed by atoms with Gasteiger partial charge in [0.2, 0.25) is 0 Å². The summed E-state index contributed by atoms with van der Waals surface area (Å²) in [5.74, 6) is 1.12. The lowest BCUT2D eigenvalue weighted by molar-refractivity contribution is 0.291. The Morgan fingerprint density at radius 2 is 2.06 bits per heavy atom. The summed E-state index contributed by atoms with van der Waals surface area (Å²) in [6.07, 6.45) is 1.86. The number of ether oxygens (including phenoxy) is 1. The average molecular weight is 235 g/mol. The maximum atomic E-state index is 12.7. The van der Waals surface area contributed by atoms with Crippen molar-refractivity contribution in [3.63, 3.8) is 0 Å². The van der Waals surface area contributed by atoms with Crippen LogP contribution in [-0.2, 0) is 20.2 Å². The van der Waals surface area contributed by atoms with E-state index in [1.54, 1.807) is 12.1 Å². The van der Waals surface area contributed by atoms with E-state index in [1.165, 1.54) is 12.1 Å². The molecule has 5 heteroatoms. The monoisotopic (exact) mass is 235 g/mol. The number of aromatic nitrogens is 2. The van der Waals surface area contributed by atoms with Crippen LogP contribution in [0.25, 0.3) is 0 Å². The van der Waals surface area contributed by atoms with E-state index >= 15 is 0 Å². The van der Waals surface area contributed by atoms with Gasteiger partial charge in [0.25, 0.3) is 0 Å². The molecule has 0 aliphatic rings.